The second-order valence-corrected chi connectivity index (χ2v) is 9.93. The van der Waals surface area contributed by atoms with E-state index in [1.54, 1.807) is 12.4 Å². The summed E-state index contributed by atoms with van der Waals surface area (Å²) in [5.74, 6) is 0. The molecule has 0 radical (unpaired) electrons. The van der Waals surface area contributed by atoms with Crippen molar-refractivity contribution in [3.63, 3.8) is 0 Å². The van der Waals surface area contributed by atoms with Crippen LogP contribution in [-0.4, -0.2) is 16.7 Å². The van der Waals surface area contributed by atoms with Gasteiger partial charge in [0.1, 0.15) is 0 Å². The van der Waals surface area contributed by atoms with Gasteiger partial charge in [0.15, 0.2) is 0 Å². The molecule has 2 aliphatic heterocycles. The number of aromatic nitrogens is 2. The largest absolute Gasteiger partial charge is 0.261 e. The minimum Gasteiger partial charge on any atom is -0.261 e. The van der Waals surface area contributed by atoms with Crippen LogP contribution < -0.4 is 16.4 Å². The third-order valence-electron chi connectivity index (χ3n) is 7.56. The van der Waals surface area contributed by atoms with Crippen molar-refractivity contribution in [2.24, 2.45) is 0 Å². The van der Waals surface area contributed by atoms with Gasteiger partial charge in [-0.25, -0.2) is 0 Å². The molecule has 3 heteroatoms. The van der Waals surface area contributed by atoms with E-state index in [2.05, 4.69) is 98.3 Å². The van der Waals surface area contributed by atoms with Crippen LogP contribution in [0.2, 0.25) is 0 Å². The van der Waals surface area contributed by atoms with Crippen molar-refractivity contribution in [2.75, 3.05) is 0 Å². The summed E-state index contributed by atoms with van der Waals surface area (Å²) in [6.45, 7) is 9.74. The predicted molar refractivity (Wildman–Crippen MR) is 129 cm³/mol. The highest BCUT2D eigenvalue weighted by Gasteiger charge is 2.48. The molecule has 31 heavy (non-hydrogen) atoms. The molecule has 0 bridgehead atoms. The summed E-state index contributed by atoms with van der Waals surface area (Å²) in [6.07, 6.45) is 5.39. The maximum Gasteiger partial charge on any atom is 0.242 e. The summed E-state index contributed by atoms with van der Waals surface area (Å²) in [4.78, 5) is 8.97. The number of rotatable bonds is 1. The highest BCUT2D eigenvalue weighted by atomic mass is 14.8. The lowest BCUT2D eigenvalue weighted by molar-refractivity contribution is 0.622. The SMILES string of the molecule is CC1(C)c2ccccc2B2c3ccccc3C(C)(C)c3cc(-c4cnccn4)cc1c32. The quantitative estimate of drug-likeness (QED) is 0.453. The molecule has 2 aliphatic rings. The second kappa shape index (κ2) is 6.17. The molecule has 4 aromatic rings. The van der Waals surface area contributed by atoms with E-state index in [0.717, 1.165) is 11.3 Å². The monoisotopic (exact) mass is 400 g/mol. The molecule has 2 nitrogen and oxygen atoms in total. The van der Waals surface area contributed by atoms with E-state index in [0.29, 0.717) is 0 Å². The molecule has 150 valence electrons. The average Bonchev–Trinajstić information content (AvgIpc) is 2.79. The van der Waals surface area contributed by atoms with Gasteiger partial charge in [0.2, 0.25) is 6.71 Å². The maximum absolute atomic E-state index is 4.63. The Hall–Kier alpha value is -3.20. The van der Waals surface area contributed by atoms with Gasteiger partial charge in [0.05, 0.1) is 11.9 Å². The van der Waals surface area contributed by atoms with Crippen molar-refractivity contribution in [1.82, 2.24) is 9.97 Å². The van der Waals surface area contributed by atoms with Crippen LogP contribution in [0.15, 0.2) is 79.3 Å². The fourth-order valence-corrected chi connectivity index (χ4v) is 6.00. The third kappa shape index (κ3) is 2.41. The number of benzene rings is 3. The number of nitrogens with zero attached hydrogens (tertiary/aromatic N) is 2. The van der Waals surface area contributed by atoms with Gasteiger partial charge < -0.3 is 0 Å². The maximum atomic E-state index is 4.63. The van der Waals surface area contributed by atoms with Gasteiger partial charge in [-0.1, -0.05) is 92.6 Å². The lowest BCUT2D eigenvalue weighted by Gasteiger charge is -2.46. The fourth-order valence-electron chi connectivity index (χ4n) is 6.00. The Morgan fingerprint density at radius 3 is 1.74 bits per heavy atom. The smallest absolute Gasteiger partial charge is 0.242 e. The lowest BCUT2D eigenvalue weighted by atomic mass is 9.27. The van der Waals surface area contributed by atoms with Crippen molar-refractivity contribution in [2.45, 2.75) is 38.5 Å². The molecule has 3 aromatic carbocycles. The number of hydrogen-bond acceptors (Lipinski definition) is 2. The van der Waals surface area contributed by atoms with E-state index in [9.17, 15) is 0 Å². The van der Waals surface area contributed by atoms with Crippen LogP contribution in [0.4, 0.5) is 0 Å². The van der Waals surface area contributed by atoms with Gasteiger partial charge in [0, 0.05) is 28.8 Å². The zero-order valence-corrected chi connectivity index (χ0v) is 18.5. The van der Waals surface area contributed by atoms with Gasteiger partial charge in [-0.3, -0.25) is 9.97 Å². The molecule has 0 saturated heterocycles. The second-order valence-electron chi connectivity index (χ2n) is 9.93. The van der Waals surface area contributed by atoms with Gasteiger partial charge in [0.25, 0.3) is 0 Å². The van der Waals surface area contributed by atoms with Gasteiger partial charge in [-0.15, -0.1) is 0 Å². The van der Waals surface area contributed by atoms with Crippen LogP contribution in [0.25, 0.3) is 11.3 Å². The van der Waals surface area contributed by atoms with E-state index in [1.165, 1.54) is 38.6 Å². The van der Waals surface area contributed by atoms with Crippen LogP contribution in [-0.2, 0) is 10.8 Å². The lowest BCUT2D eigenvalue weighted by Crippen LogP contribution is -2.66. The van der Waals surface area contributed by atoms with Crippen molar-refractivity contribution >= 4 is 23.1 Å². The molecular weight excluding hydrogens is 375 g/mol. The number of hydrogen-bond donors (Lipinski definition) is 0. The molecule has 0 atom stereocenters. The first-order valence-corrected chi connectivity index (χ1v) is 11.0. The van der Waals surface area contributed by atoms with Crippen molar-refractivity contribution < 1.29 is 0 Å². The molecule has 0 fully saturated rings. The molecular formula is C28H25BN2. The minimum atomic E-state index is -0.0856. The standard InChI is InChI=1S/C28H25BN2/c1-27(2)19-9-5-7-11-23(19)29-24-12-8-6-10-20(24)28(3,4)22-16-18(15-21(27)26(22)29)25-17-30-13-14-31-25/h5-17H,1-4H3. The highest BCUT2D eigenvalue weighted by Crippen LogP contribution is 2.42. The predicted octanol–water partition coefficient (Wildman–Crippen LogP) is 3.94. The molecule has 6 rings (SSSR count). The van der Waals surface area contributed by atoms with Gasteiger partial charge in [-0.05, 0) is 34.4 Å². The molecule has 0 unspecified atom stereocenters. The highest BCUT2D eigenvalue weighted by molar-refractivity contribution is 6.97. The Balaban J connectivity index is 1.77. The van der Waals surface area contributed by atoms with Crippen molar-refractivity contribution in [3.8, 4) is 11.3 Å². The first-order chi connectivity index (χ1) is 14.9. The first-order valence-electron chi connectivity index (χ1n) is 11.0. The van der Waals surface area contributed by atoms with E-state index >= 15 is 0 Å². The van der Waals surface area contributed by atoms with Crippen LogP contribution in [0.3, 0.4) is 0 Å². The van der Waals surface area contributed by atoms with E-state index in [-0.39, 0.29) is 17.5 Å². The molecule has 3 heterocycles. The summed E-state index contributed by atoms with van der Waals surface area (Å²) in [6, 6.07) is 22.8. The average molecular weight is 400 g/mol. The summed E-state index contributed by atoms with van der Waals surface area (Å²) in [7, 11) is 0. The van der Waals surface area contributed by atoms with Crippen molar-refractivity contribution in [3.05, 3.63) is 102 Å². The zero-order valence-electron chi connectivity index (χ0n) is 18.5. The first kappa shape index (κ1) is 18.6. The van der Waals surface area contributed by atoms with Crippen molar-refractivity contribution in [1.29, 1.82) is 0 Å². The summed E-state index contributed by atoms with van der Waals surface area (Å²) in [5.41, 5.74) is 12.0. The normalized spacial score (nSPS) is 16.8. The van der Waals surface area contributed by atoms with Crippen LogP contribution in [0.5, 0.6) is 0 Å². The van der Waals surface area contributed by atoms with Gasteiger partial charge >= 0.3 is 0 Å². The molecule has 0 spiro atoms. The summed E-state index contributed by atoms with van der Waals surface area (Å²) in [5, 5.41) is 0. The van der Waals surface area contributed by atoms with E-state index in [4.69, 9.17) is 0 Å². The topological polar surface area (TPSA) is 25.8 Å². The van der Waals surface area contributed by atoms with Crippen LogP contribution >= 0.6 is 0 Å². The minimum absolute atomic E-state index is 0.0856. The summed E-state index contributed by atoms with van der Waals surface area (Å²) >= 11 is 0. The number of fused-ring (bicyclic) bond motifs is 4. The molecule has 1 aromatic heterocycles. The van der Waals surface area contributed by atoms with E-state index < -0.39 is 0 Å². The van der Waals surface area contributed by atoms with Gasteiger partial charge in [-0.2, -0.15) is 0 Å². The Morgan fingerprint density at radius 2 is 1.23 bits per heavy atom. The molecule has 0 N–H and O–H groups in total. The Bertz CT molecular complexity index is 1260. The Labute approximate surface area is 184 Å². The third-order valence-corrected chi connectivity index (χ3v) is 7.56. The molecule has 0 saturated carbocycles. The Kier molecular flexibility index (Phi) is 3.69. The van der Waals surface area contributed by atoms with E-state index in [1.807, 2.05) is 6.20 Å². The van der Waals surface area contributed by atoms with Crippen LogP contribution in [0, 0.1) is 0 Å². The molecule has 0 amide bonds. The summed E-state index contributed by atoms with van der Waals surface area (Å²) < 4.78 is 0. The fraction of sp³-hybridized carbons (Fsp3) is 0.214. The molecule has 0 aliphatic carbocycles. The zero-order chi connectivity index (χ0) is 21.4. The Morgan fingerprint density at radius 1 is 0.677 bits per heavy atom. The van der Waals surface area contributed by atoms with Crippen LogP contribution in [0.1, 0.15) is 49.9 Å².